The number of esters is 1. The van der Waals surface area contributed by atoms with E-state index in [2.05, 4.69) is 5.23 Å². The van der Waals surface area contributed by atoms with E-state index in [1.165, 1.54) is 12.1 Å². The normalized spacial score (nSPS) is 12.2. The molecular weight excluding hydrogens is 327 g/mol. The molecule has 0 aliphatic heterocycles. The highest BCUT2D eigenvalue weighted by Gasteiger charge is 2.21. The van der Waals surface area contributed by atoms with Gasteiger partial charge in [-0.3, -0.25) is 14.9 Å². The Kier molecular flexibility index (Phi) is 7.57. The molecule has 0 unspecified atom stereocenters. The van der Waals surface area contributed by atoms with Crippen LogP contribution in [0.1, 0.15) is 32.8 Å². The first kappa shape index (κ1) is 20.6. The molecule has 0 radical (unpaired) electrons. The van der Waals surface area contributed by atoms with Crippen LogP contribution in [-0.4, -0.2) is 42.7 Å². The van der Waals surface area contributed by atoms with Crippen LogP contribution in [-0.2, 0) is 14.3 Å². The number of nitro groups is 1. The number of non-ortho nitro benzene ring substituents is 1. The lowest BCUT2D eigenvalue weighted by Gasteiger charge is -2.23. The molecule has 0 spiro atoms. The number of hydrogen-bond acceptors (Lipinski definition) is 7. The molecule has 0 aliphatic rings. The van der Waals surface area contributed by atoms with Crippen molar-refractivity contribution in [3.8, 4) is 5.75 Å². The smallest absolute Gasteiger partial charge is 0.307 e. The Morgan fingerprint density at radius 2 is 2.12 bits per heavy atom. The van der Waals surface area contributed by atoms with Gasteiger partial charge in [0.05, 0.1) is 23.6 Å². The van der Waals surface area contributed by atoms with Gasteiger partial charge in [0.25, 0.3) is 13.1 Å². The monoisotopic (exact) mass is 350 g/mol. The summed E-state index contributed by atoms with van der Waals surface area (Å²) in [6.07, 6.45) is 0.694. The van der Waals surface area contributed by atoms with Crippen LogP contribution < -0.4 is 9.96 Å². The van der Waals surface area contributed by atoms with Crippen molar-refractivity contribution in [2.24, 2.45) is 0 Å². The summed E-state index contributed by atoms with van der Waals surface area (Å²) >= 11 is 0. The molecule has 0 saturated heterocycles. The van der Waals surface area contributed by atoms with E-state index in [4.69, 9.17) is 9.47 Å². The van der Waals surface area contributed by atoms with E-state index < -0.39 is 22.5 Å². The SMILES string of the molecule is Cc1ccc([N+](=O)[O-])cc1OC[C@@H](CC(=O)OC(C)(C)C)NBC=O. The largest absolute Gasteiger partial charge is 0.491 e. The summed E-state index contributed by atoms with van der Waals surface area (Å²) < 4.78 is 10.9. The maximum atomic E-state index is 12.0. The predicted molar refractivity (Wildman–Crippen MR) is 94.6 cm³/mol. The number of ether oxygens (including phenoxy) is 2. The third-order valence-electron chi connectivity index (χ3n) is 3.15. The van der Waals surface area contributed by atoms with Crippen molar-refractivity contribution >= 4 is 25.3 Å². The summed E-state index contributed by atoms with van der Waals surface area (Å²) in [4.78, 5) is 32.9. The number of nitro benzene ring substituents is 1. The van der Waals surface area contributed by atoms with Crippen molar-refractivity contribution in [3.63, 3.8) is 0 Å². The summed E-state index contributed by atoms with van der Waals surface area (Å²) in [5.41, 5.74) is 0.0474. The number of hydrogen-bond donors (Lipinski definition) is 1. The molecule has 1 N–H and O–H groups in total. The van der Waals surface area contributed by atoms with Gasteiger partial charge in [0.2, 0.25) is 0 Å². The highest BCUT2D eigenvalue weighted by Crippen LogP contribution is 2.24. The van der Waals surface area contributed by atoms with Crippen molar-refractivity contribution in [1.29, 1.82) is 0 Å². The molecule has 0 bridgehead atoms. The third kappa shape index (κ3) is 7.80. The van der Waals surface area contributed by atoms with E-state index >= 15 is 0 Å². The fourth-order valence-corrected chi connectivity index (χ4v) is 2.04. The standard InChI is InChI=1S/C16H23BN2O6/c1-11-5-6-13(19(22)23)8-14(11)24-9-12(18-17-10-20)7-15(21)25-16(2,3)4/h5-6,8,10,12,17-18H,7,9H2,1-4H3/t12-/m1/s1. The lowest BCUT2D eigenvalue weighted by atomic mass is 9.96. The number of aryl methyl sites for hydroxylation is 1. The molecule has 0 saturated carbocycles. The molecular formula is C16H23BN2O6. The minimum Gasteiger partial charge on any atom is -0.491 e. The minimum absolute atomic E-state index is 0.0130. The molecule has 0 fully saturated rings. The maximum absolute atomic E-state index is 12.0. The van der Waals surface area contributed by atoms with E-state index in [1.807, 2.05) is 0 Å². The van der Waals surface area contributed by atoms with Gasteiger partial charge in [-0.2, -0.15) is 0 Å². The van der Waals surface area contributed by atoms with Crippen LogP contribution in [0.25, 0.3) is 0 Å². The van der Waals surface area contributed by atoms with Gasteiger partial charge < -0.3 is 19.5 Å². The summed E-state index contributed by atoms with van der Waals surface area (Å²) in [6.45, 7) is 7.13. The molecule has 9 heteroatoms. The number of carbonyl (C=O) groups is 2. The van der Waals surface area contributed by atoms with Crippen LogP contribution in [0.5, 0.6) is 5.75 Å². The molecule has 0 heterocycles. The Hall–Kier alpha value is -2.42. The van der Waals surface area contributed by atoms with Crippen LogP contribution in [0.3, 0.4) is 0 Å². The van der Waals surface area contributed by atoms with Crippen molar-refractivity contribution in [3.05, 3.63) is 33.9 Å². The molecule has 0 amide bonds. The molecule has 1 atom stereocenters. The topological polar surface area (TPSA) is 108 Å². The predicted octanol–water partition coefficient (Wildman–Crippen LogP) is 1.51. The zero-order chi connectivity index (χ0) is 19.0. The second-order valence-electron chi connectivity index (χ2n) is 6.58. The first-order valence-corrected chi connectivity index (χ1v) is 7.89. The highest BCUT2D eigenvalue weighted by molar-refractivity contribution is 6.64. The van der Waals surface area contributed by atoms with Gasteiger partial charge in [0, 0.05) is 12.1 Å². The Labute approximate surface area is 147 Å². The molecule has 0 aliphatic carbocycles. The maximum Gasteiger partial charge on any atom is 0.307 e. The molecule has 1 aromatic carbocycles. The van der Waals surface area contributed by atoms with Crippen LogP contribution in [0.2, 0.25) is 0 Å². The molecule has 1 rings (SSSR count). The van der Waals surface area contributed by atoms with Gasteiger partial charge in [0.1, 0.15) is 18.0 Å². The molecule has 0 aromatic heterocycles. The Balaban J connectivity index is 2.75. The van der Waals surface area contributed by atoms with Crippen molar-refractivity contribution in [2.75, 3.05) is 6.61 Å². The summed E-state index contributed by atoms with van der Waals surface area (Å²) in [5, 5.41) is 13.7. The summed E-state index contributed by atoms with van der Waals surface area (Å²) in [5.74, 6) is -0.0634. The van der Waals surface area contributed by atoms with Gasteiger partial charge in [-0.15, -0.1) is 0 Å². The number of benzene rings is 1. The van der Waals surface area contributed by atoms with Gasteiger partial charge in [-0.1, -0.05) is 0 Å². The minimum atomic E-state index is -0.607. The number of carbonyl (C=O) groups excluding carboxylic acids is 2. The number of nitrogens with one attached hydrogen (secondary N) is 1. The van der Waals surface area contributed by atoms with E-state index in [0.29, 0.717) is 11.9 Å². The lowest BCUT2D eigenvalue weighted by Crippen LogP contribution is -2.41. The molecule has 8 nitrogen and oxygen atoms in total. The first-order chi connectivity index (χ1) is 11.6. The van der Waals surface area contributed by atoms with Crippen LogP contribution in [0.4, 0.5) is 5.69 Å². The fourth-order valence-electron chi connectivity index (χ4n) is 2.04. The van der Waals surface area contributed by atoms with E-state index in [1.54, 1.807) is 33.8 Å². The first-order valence-electron chi connectivity index (χ1n) is 7.89. The molecule has 136 valence electrons. The van der Waals surface area contributed by atoms with Crippen LogP contribution in [0, 0.1) is 17.0 Å². The van der Waals surface area contributed by atoms with Gasteiger partial charge in [-0.25, -0.2) is 0 Å². The van der Waals surface area contributed by atoms with Crippen molar-refractivity contribution in [1.82, 2.24) is 5.23 Å². The zero-order valence-electron chi connectivity index (χ0n) is 14.9. The Morgan fingerprint density at radius 3 is 2.68 bits per heavy atom. The third-order valence-corrected chi connectivity index (χ3v) is 3.15. The average Bonchev–Trinajstić information content (AvgIpc) is 2.49. The Bertz CT molecular complexity index is 630. The van der Waals surface area contributed by atoms with Gasteiger partial charge in [0.15, 0.2) is 0 Å². The number of nitrogens with zero attached hydrogens (tertiary/aromatic N) is 1. The zero-order valence-corrected chi connectivity index (χ0v) is 14.9. The average molecular weight is 350 g/mol. The second kappa shape index (κ2) is 9.17. The molecule has 25 heavy (non-hydrogen) atoms. The van der Waals surface area contributed by atoms with Gasteiger partial charge >= 0.3 is 5.97 Å². The molecule has 1 aromatic rings. The summed E-state index contributed by atoms with van der Waals surface area (Å²) in [7, 11) is 0.0603. The van der Waals surface area contributed by atoms with E-state index in [0.717, 1.165) is 5.56 Å². The summed E-state index contributed by atoms with van der Waals surface area (Å²) in [6, 6.07) is 3.86. The van der Waals surface area contributed by atoms with E-state index in [-0.39, 0.29) is 26.1 Å². The van der Waals surface area contributed by atoms with Crippen molar-refractivity contribution in [2.45, 2.75) is 45.8 Å². The Morgan fingerprint density at radius 1 is 1.44 bits per heavy atom. The van der Waals surface area contributed by atoms with E-state index in [9.17, 15) is 19.7 Å². The highest BCUT2D eigenvalue weighted by atomic mass is 16.6. The van der Waals surface area contributed by atoms with Crippen LogP contribution in [0.15, 0.2) is 18.2 Å². The quantitative estimate of drug-likeness (QED) is 0.236. The lowest BCUT2D eigenvalue weighted by molar-refractivity contribution is -0.385. The van der Waals surface area contributed by atoms with Gasteiger partial charge in [-0.05, 0) is 39.3 Å². The fraction of sp³-hybridized carbons (Fsp3) is 0.500. The van der Waals surface area contributed by atoms with Crippen LogP contribution >= 0.6 is 0 Å². The second-order valence-corrected chi connectivity index (χ2v) is 6.58. The van der Waals surface area contributed by atoms with Crippen molar-refractivity contribution < 1.29 is 24.0 Å². The number of rotatable bonds is 9.